The maximum absolute atomic E-state index is 6.15. The van der Waals surface area contributed by atoms with E-state index in [1.807, 2.05) is 6.07 Å². The number of nitrogens with zero attached hydrogens (tertiary/aromatic N) is 2. The van der Waals surface area contributed by atoms with Crippen LogP contribution in [0.2, 0.25) is 0 Å². The van der Waals surface area contributed by atoms with Gasteiger partial charge in [0.15, 0.2) is 0 Å². The summed E-state index contributed by atoms with van der Waals surface area (Å²) in [6.07, 6.45) is 0. The first-order chi connectivity index (χ1) is 13.1. The normalized spacial score (nSPS) is 11.1. The van der Waals surface area contributed by atoms with Crippen LogP contribution in [0.5, 0.6) is 5.75 Å². The fraction of sp³-hybridized carbons (Fsp3) is 0.208. The van der Waals surface area contributed by atoms with E-state index in [2.05, 4.69) is 86.0 Å². The van der Waals surface area contributed by atoms with Gasteiger partial charge in [0.05, 0.1) is 11.0 Å². The Morgan fingerprint density at radius 2 is 1.67 bits per heavy atom. The van der Waals surface area contributed by atoms with Crippen molar-refractivity contribution in [2.75, 3.05) is 0 Å². The minimum Gasteiger partial charge on any atom is -0.485 e. The minimum atomic E-state index is 0.449. The van der Waals surface area contributed by atoms with Gasteiger partial charge in [-0.25, -0.2) is 4.98 Å². The molecule has 3 nitrogen and oxygen atoms in total. The van der Waals surface area contributed by atoms with E-state index in [0.29, 0.717) is 6.61 Å². The Hall–Kier alpha value is -3.07. The van der Waals surface area contributed by atoms with Crippen LogP contribution in [-0.4, -0.2) is 9.55 Å². The molecule has 0 saturated carbocycles. The second-order valence-corrected chi connectivity index (χ2v) is 7.15. The van der Waals surface area contributed by atoms with Gasteiger partial charge in [0.25, 0.3) is 0 Å². The van der Waals surface area contributed by atoms with Crippen LogP contribution in [0.3, 0.4) is 0 Å². The summed E-state index contributed by atoms with van der Waals surface area (Å²) in [6, 6.07) is 23.2. The highest BCUT2D eigenvalue weighted by molar-refractivity contribution is 5.76. The van der Waals surface area contributed by atoms with Crippen LogP contribution in [0.25, 0.3) is 11.0 Å². The maximum atomic E-state index is 6.15. The third-order valence-corrected chi connectivity index (χ3v) is 4.86. The zero-order valence-corrected chi connectivity index (χ0v) is 16.1. The predicted molar refractivity (Wildman–Crippen MR) is 110 cm³/mol. The molecule has 0 radical (unpaired) electrons. The van der Waals surface area contributed by atoms with Crippen LogP contribution in [0.15, 0.2) is 66.7 Å². The molecule has 0 N–H and O–H groups in total. The van der Waals surface area contributed by atoms with E-state index >= 15 is 0 Å². The molecule has 1 aromatic heterocycles. The van der Waals surface area contributed by atoms with Crippen molar-refractivity contribution in [1.82, 2.24) is 9.55 Å². The monoisotopic (exact) mass is 356 g/mol. The summed E-state index contributed by atoms with van der Waals surface area (Å²) < 4.78 is 8.41. The van der Waals surface area contributed by atoms with Gasteiger partial charge < -0.3 is 9.30 Å². The topological polar surface area (TPSA) is 27.1 Å². The molecule has 3 aromatic carbocycles. The molecule has 0 saturated heterocycles. The van der Waals surface area contributed by atoms with Gasteiger partial charge in [-0.05, 0) is 55.7 Å². The molecule has 0 aliphatic rings. The molecule has 0 amide bonds. The number of aromatic nitrogens is 2. The summed E-state index contributed by atoms with van der Waals surface area (Å²) in [5.41, 5.74) is 7.02. The van der Waals surface area contributed by atoms with Crippen LogP contribution in [0.1, 0.15) is 28.1 Å². The van der Waals surface area contributed by atoms with Crippen molar-refractivity contribution in [1.29, 1.82) is 0 Å². The van der Waals surface area contributed by atoms with Crippen molar-refractivity contribution >= 4 is 11.0 Å². The molecule has 0 spiro atoms. The Morgan fingerprint density at radius 1 is 0.852 bits per heavy atom. The molecule has 0 fully saturated rings. The second-order valence-electron chi connectivity index (χ2n) is 7.15. The molecule has 0 unspecified atom stereocenters. The van der Waals surface area contributed by atoms with E-state index in [1.165, 1.54) is 16.7 Å². The van der Waals surface area contributed by atoms with E-state index in [4.69, 9.17) is 9.72 Å². The van der Waals surface area contributed by atoms with Gasteiger partial charge in [-0.1, -0.05) is 54.1 Å². The number of aryl methyl sites for hydroxylation is 3. The largest absolute Gasteiger partial charge is 0.485 e. The SMILES string of the molecule is Cc1cccc(Cn2c(COc3cc(C)ccc3C)nc3ccccc32)c1. The third-order valence-electron chi connectivity index (χ3n) is 4.86. The number of para-hydroxylation sites is 2. The van der Waals surface area contributed by atoms with Gasteiger partial charge in [0, 0.05) is 6.54 Å². The first-order valence-electron chi connectivity index (χ1n) is 9.30. The van der Waals surface area contributed by atoms with E-state index in [-0.39, 0.29) is 0 Å². The van der Waals surface area contributed by atoms with Crippen molar-refractivity contribution in [2.24, 2.45) is 0 Å². The maximum Gasteiger partial charge on any atom is 0.148 e. The highest BCUT2D eigenvalue weighted by Crippen LogP contribution is 2.23. The molecular formula is C24H24N2O. The van der Waals surface area contributed by atoms with Crippen molar-refractivity contribution in [3.63, 3.8) is 0 Å². The smallest absolute Gasteiger partial charge is 0.148 e. The first-order valence-corrected chi connectivity index (χ1v) is 9.30. The van der Waals surface area contributed by atoms with E-state index < -0.39 is 0 Å². The van der Waals surface area contributed by atoms with Crippen LogP contribution in [-0.2, 0) is 13.2 Å². The number of rotatable bonds is 5. The highest BCUT2D eigenvalue weighted by atomic mass is 16.5. The molecule has 1 heterocycles. The van der Waals surface area contributed by atoms with Gasteiger partial charge in [-0.2, -0.15) is 0 Å². The molecule has 0 aliphatic heterocycles. The van der Waals surface area contributed by atoms with Crippen LogP contribution >= 0.6 is 0 Å². The highest BCUT2D eigenvalue weighted by Gasteiger charge is 2.12. The molecule has 4 rings (SSSR count). The lowest BCUT2D eigenvalue weighted by molar-refractivity contribution is 0.289. The molecule has 3 heteroatoms. The van der Waals surface area contributed by atoms with Crippen molar-refractivity contribution in [3.05, 3.63) is 94.8 Å². The Morgan fingerprint density at radius 3 is 2.52 bits per heavy atom. The van der Waals surface area contributed by atoms with Crippen LogP contribution < -0.4 is 4.74 Å². The zero-order valence-electron chi connectivity index (χ0n) is 16.1. The molecule has 0 atom stereocenters. The molecule has 27 heavy (non-hydrogen) atoms. The summed E-state index contributed by atoms with van der Waals surface area (Å²) in [5, 5.41) is 0. The Kier molecular flexibility index (Phi) is 4.68. The summed E-state index contributed by atoms with van der Waals surface area (Å²) >= 11 is 0. The van der Waals surface area contributed by atoms with Crippen molar-refractivity contribution < 1.29 is 4.74 Å². The summed E-state index contributed by atoms with van der Waals surface area (Å²) in [7, 11) is 0. The number of benzene rings is 3. The lowest BCUT2D eigenvalue weighted by Crippen LogP contribution is -2.09. The fourth-order valence-electron chi connectivity index (χ4n) is 3.41. The van der Waals surface area contributed by atoms with Gasteiger partial charge in [-0.3, -0.25) is 0 Å². The summed E-state index contributed by atoms with van der Waals surface area (Å²) in [4.78, 5) is 4.84. The van der Waals surface area contributed by atoms with Crippen LogP contribution in [0, 0.1) is 20.8 Å². The number of hydrogen-bond donors (Lipinski definition) is 0. The Balaban J connectivity index is 1.68. The lowest BCUT2D eigenvalue weighted by Gasteiger charge is -2.13. The van der Waals surface area contributed by atoms with E-state index in [9.17, 15) is 0 Å². The second kappa shape index (κ2) is 7.28. The number of fused-ring (bicyclic) bond motifs is 1. The average molecular weight is 356 g/mol. The fourth-order valence-corrected chi connectivity index (χ4v) is 3.41. The average Bonchev–Trinajstić information content (AvgIpc) is 3.00. The predicted octanol–water partition coefficient (Wildman–Crippen LogP) is 5.59. The number of imidazole rings is 1. The van der Waals surface area contributed by atoms with Gasteiger partial charge in [0.1, 0.15) is 18.2 Å². The molecular weight excluding hydrogens is 332 g/mol. The number of hydrogen-bond acceptors (Lipinski definition) is 2. The standard InChI is InChI=1S/C24H24N2O/c1-17-7-6-8-20(13-17)15-26-22-10-5-4-9-21(22)25-24(26)16-27-23-14-18(2)11-12-19(23)3/h4-14H,15-16H2,1-3H3. The number of ether oxygens (including phenoxy) is 1. The van der Waals surface area contributed by atoms with E-state index in [0.717, 1.165) is 34.7 Å². The summed E-state index contributed by atoms with van der Waals surface area (Å²) in [6.45, 7) is 7.52. The van der Waals surface area contributed by atoms with Crippen molar-refractivity contribution in [3.8, 4) is 5.75 Å². The third kappa shape index (κ3) is 3.72. The molecule has 0 aliphatic carbocycles. The van der Waals surface area contributed by atoms with Crippen molar-refractivity contribution in [2.45, 2.75) is 33.9 Å². The van der Waals surface area contributed by atoms with Gasteiger partial charge >= 0.3 is 0 Å². The van der Waals surface area contributed by atoms with Crippen LogP contribution in [0.4, 0.5) is 0 Å². The van der Waals surface area contributed by atoms with Gasteiger partial charge in [0.2, 0.25) is 0 Å². The van der Waals surface area contributed by atoms with Gasteiger partial charge in [-0.15, -0.1) is 0 Å². The summed E-state index contributed by atoms with van der Waals surface area (Å²) in [5.74, 6) is 1.86. The first kappa shape index (κ1) is 17.3. The zero-order chi connectivity index (χ0) is 18.8. The quantitative estimate of drug-likeness (QED) is 0.466. The molecule has 136 valence electrons. The molecule has 0 bridgehead atoms. The van der Waals surface area contributed by atoms with E-state index in [1.54, 1.807) is 0 Å². The minimum absolute atomic E-state index is 0.449. The lowest BCUT2D eigenvalue weighted by atomic mass is 10.1. The molecule has 4 aromatic rings. The Bertz CT molecular complexity index is 1090. The Labute approximate surface area is 160 Å².